The molecule has 1 amide bonds. The van der Waals surface area contributed by atoms with E-state index in [2.05, 4.69) is 58.3 Å². The van der Waals surface area contributed by atoms with Crippen molar-refractivity contribution in [3.05, 3.63) is 35.5 Å². The average Bonchev–Trinajstić information content (AvgIpc) is 3.05. The molecule has 2 rings (SSSR count). The Morgan fingerprint density at radius 2 is 1.76 bits per heavy atom. The zero-order chi connectivity index (χ0) is 25.8. The van der Waals surface area contributed by atoms with Crippen molar-refractivity contribution in [3.8, 4) is 0 Å². The Labute approximate surface area is 206 Å². The first kappa shape index (κ1) is 30.8. The van der Waals surface area contributed by atoms with Crippen molar-refractivity contribution in [1.29, 1.82) is 0 Å². The predicted octanol–water partition coefficient (Wildman–Crippen LogP) is 4.86. The van der Waals surface area contributed by atoms with Crippen LogP contribution in [-0.2, 0) is 9.36 Å². The van der Waals surface area contributed by atoms with Gasteiger partial charge < -0.3 is 24.5 Å². The van der Waals surface area contributed by atoms with Crippen molar-refractivity contribution in [1.82, 2.24) is 5.32 Å². The number of hydrogen-bond donors (Lipinski definition) is 4. The summed E-state index contributed by atoms with van der Waals surface area (Å²) in [5, 5.41) is 3.18. The standard InChI is InChI=1S/C26H44N2O.H3O4P/c1-21(2)10-8-11-22(3)12-9-13-23(4)15-16-26(29)27-20-24-17-19-28(5)18-7-6-14-25(24)28;1-5(2,3)4/h10,12,15-16,23-25H,6-9,11,13-14,17-20H2,1-5H3;(H3,1,2,3,4)/p+1/b16-15+,22-12+;. The maximum atomic E-state index is 12.3. The van der Waals surface area contributed by atoms with Gasteiger partial charge in [0.25, 0.3) is 0 Å². The van der Waals surface area contributed by atoms with Crippen LogP contribution in [0.4, 0.5) is 0 Å². The summed E-state index contributed by atoms with van der Waals surface area (Å²) >= 11 is 0. The van der Waals surface area contributed by atoms with Crippen LogP contribution < -0.4 is 5.32 Å². The maximum absolute atomic E-state index is 12.3. The van der Waals surface area contributed by atoms with E-state index in [-0.39, 0.29) is 5.91 Å². The number of piperidine rings is 1. The number of fused-ring (bicyclic) bond motifs is 1. The van der Waals surface area contributed by atoms with Crippen molar-refractivity contribution in [2.75, 3.05) is 26.7 Å². The first-order valence-electron chi connectivity index (χ1n) is 12.7. The zero-order valence-electron chi connectivity index (χ0n) is 21.9. The van der Waals surface area contributed by atoms with Gasteiger partial charge in [-0.25, -0.2) is 4.57 Å². The molecule has 0 aromatic heterocycles. The van der Waals surface area contributed by atoms with Crippen molar-refractivity contribution < 1.29 is 28.5 Å². The van der Waals surface area contributed by atoms with Gasteiger partial charge in [-0.2, -0.15) is 0 Å². The molecule has 0 bridgehead atoms. The van der Waals surface area contributed by atoms with Gasteiger partial charge in [-0.3, -0.25) is 4.79 Å². The van der Waals surface area contributed by atoms with Crippen LogP contribution in [0.15, 0.2) is 35.5 Å². The van der Waals surface area contributed by atoms with Gasteiger partial charge in [-0.15, -0.1) is 0 Å². The topological polar surface area (TPSA) is 107 Å². The van der Waals surface area contributed by atoms with Gasteiger partial charge in [0.1, 0.15) is 0 Å². The molecule has 2 fully saturated rings. The minimum Gasteiger partial charge on any atom is -0.352 e. The fourth-order valence-electron chi connectivity index (χ4n) is 5.14. The Bertz CT molecular complexity index is 761. The number of phosphoric acid groups is 1. The molecule has 0 radical (unpaired) electrons. The first-order chi connectivity index (χ1) is 15.8. The van der Waals surface area contributed by atoms with E-state index in [9.17, 15) is 4.79 Å². The molecule has 4 unspecified atom stereocenters. The van der Waals surface area contributed by atoms with Gasteiger partial charge in [0.2, 0.25) is 5.91 Å². The van der Waals surface area contributed by atoms with Crippen molar-refractivity contribution >= 4 is 13.7 Å². The van der Waals surface area contributed by atoms with Gasteiger partial charge in [-0.05, 0) is 71.3 Å². The molecule has 2 saturated heterocycles. The Morgan fingerprint density at radius 1 is 1.09 bits per heavy atom. The monoisotopic (exact) mass is 499 g/mol. The number of carbonyl (C=O) groups excluding carboxylic acids is 1. The molecule has 8 heteroatoms. The van der Waals surface area contributed by atoms with Crippen LogP contribution in [0.2, 0.25) is 0 Å². The number of carbonyl (C=O) groups is 1. The van der Waals surface area contributed by atoms with Crippen LogP contribution >= 0.6 is 7.82 Å². The molecule has 0 saturated carbocycles. The third-order valence-electron chi connectivity index (χ3n) is 7.10. The quantitative estimate of drug-likeness (QED) is 0.149. The number of nitrogens with one attached hydrogen (secondary N) is 1. The second kappa shape index (κ2) is 15.0. The molecule has 34 heavy (non-hydrogen) atoms. The third kappa shape index (κ3) is 13.6. The lowest BCUT2D eigenvalue weighted by Gasteiger charge is -2.41. The van der Waals surface area contributed by atoms with Crippen LogP contribution in [0.25, 0.3) is 0 Å². The lowest BCUT2D eigenvalue weighted by molar-refractivity contribution is -0.927. The number of amides is 1. The van der Waals surface area contributed by atoms with Crippen molar-refractivity contribution in [2.24, 2.45) is 11.8 Å². The lowest BCUT2D eigenvalue weighted by Crippen LogP contribution is -2.53. The number of hydrogen-bond acceptors (Lipinski definition) is 2. The molecule has 2 aliphatic rings. The molecule has 0 aromatic rings. The van der Waals surface area contributed by atoms with Crippen molar-refractivity contribution in [3.63, 3.8) is 0 Å². The highest BCUT2D eigenvalue weighted by Gasteiger charge is 2.46. The SMILES string of the molecule is CC(C)=CCC/C(C)=C/CCC(C)/C=C/C(=O)NCC1CC[N+]2(C)CCCCC12.O=P(O)(O)O. The van der Waals surface area contributed by atoms with E-state index >= 15 is 0 Å². The molecular weight excluding hydrogens is 451 g/mol. The Balaban J connectivity index is 0.00000104. The van der Waals surface area contributed by atoms with Crippen LogP contribution in [0.1, 0.15) is 79.1 Å². The molecule has 0 aliphatic carbocycles. The van der Waals surface area contributed by atoms with Gasteiger partial charge in [0.15, 0.2) is 0 Å². The first-order valence-corrected chi connectivity index (χ1v) is 14.2. The lowest BCUT2D eigenvalue weighted by atomic mass is 9.92. The van der Waals surface area contributed by atoms with E-state index in [0.717, 1.165) is 38.3 Å². The van der Waals surface area contributed by atoms with Crippen LogP contribution in [0.3, 0.4) is 0 Å². The Kier molecular flexibility index (Phi) is 13.6. The summed E-state index contributed by atoms with van der Waals surface area (Å²) in [5.74, 6) is 1.18. The van der Waals surface area contributed by atoms with Gasteiger partial charge in [-0.1, -0.05) is 36.3 Å². The number of quaternary nitrogens is 1. The Morgan fingerprint density at radius 3 is 2.41 bits per heavy atom. The van der Waals surface area contributed by atoms with Gasteiger partial charge in [0, 0.05) is 25.3 Å². The smallest absolute Gasteiger partial charge is 0.352 e. The summed E-state index contributed by atoms with van der Waals surface area (Å²) in [7, 11) is -2.22. The highest BCUT2D eigenvalue weighted by molar-refractivity contribution is 7.45. The minimum atomic E-state index is -4.64. The second-order valence-electron chi connectivity index (χ2n) is 10.6. The molecular formula is C26H48N2O5P+. The molecule has 2 aliphatic heterocycles. The number of nitrogens with zero attached hydrogens (tertiary/aromatic N) is 1. The summed E-state index contributed by atoms with van der Waals surface area (Å²) in [6.45, 7) is 12.2. The molecule has 196 valence electrons. The summed E-state index contributed by atoms with van der Waals surface area (Å²) in [6.07, 6.45) is 18.3. The second-order valence-corrected chi connectivity index (χ2v) is 11.6. The van der Waals surface area contributed by atoms with Crippen LogP contribution in [-0.4, -0.2) is 57.8 Å². The normalized spacial score (nSPS) is 25.8. The molecule has 0 aromatic carbocycles. The van der Waals surface area contributed by atoms with E-state index in [4.69, 9.17) is 19.2 Å². The highest BCUT2D eigenvalue weighted by atomic mass is 31.2. The third-order valence-corrected chi connectivity index (χ3v) is 7.10. The van der Waals surface area contributed by atoms with Crippen LogP contribution in [0, 0.1) is 11.8 Å². The van der Waals surface area contributed by atoms with Crippen molar-refractivity contribution in [2.45, 2.75) is 85.1 Å². The van der Waals surface area contributed by atoms with Crippen LogP contribution in [0.5, 0.6) is 0 Å². The average molecular weight is 500 g/mol. The number of rotatable bonds is 10. The summed E-state index contributed by atoms with van der Waals surface area (Å²) in [4.78, 5) is 33.8. The highest BCUT2D eigenvalue weighted by Crippen LogP contribution is 2.36. The predicted molar refractivity (Wildman–Crippen MR) is 139 cm³/mol. The maximum Gasteiger partial charge on any atom is 0.466 e. The summed E-state index contributed by atoms with van der Waals surface area (Å²) < 4.78 is 10.1. The Hall–Kier alpha value is -1.24. The fraction of sp³-hybridized carbons (Fsp3) is 0.731. The molecule has 7 nitrogen and oxygen atoms in total. The number of allylic oxidation sites excluding steroid dienone is 5. The minimum absolute atomic E-state index is 0.0854. The van der Waals surface area contributed by atoms with Gasteiger partial charge >= 0.3 is 7.82 Å². The molecule has 4 atom stereocenters. The van der Waals surface area contributed by atoms with E-state index in [1.165, 1.54) is 54.4 Å². The summed E-state index contributed by atoms with van der Waals surface area (Å²) in [5.41, 5.74) is 2.87. The van der Waals surface area contributed by atoms with E-state index < -0.39 is 7.82 Å². The molecule has 0 spiro atoms. The van der Waals surface area contributed by atoms with Gasteiger partial charge in [0.05, 0.1) is 26.2 Å². The molecule has 2 heterocycles. The largest absolute Gasteiger partial charge is 0.466 e. The van der Waals surface area contributed by atoms with E-state index in [0.29, 0.717) is 11.8 Å². The van der Waals surface area contributed by atoms with E-state index in [1.807, 2.05) is 0 Å². The summed E-state index contributed by atoms with van der Waals surface area (Å²) in [6, 6.07) is 0.763. The molecule has 4 N–H and O–H groups in total. The fourth-order valence-corrected chi connectivity index (χ4v) is 5.14. The van der Waals surface area contributed by atoms with E-state index in [1.54, 1.807) is 6.08 Å². The zero-order valence-corrected chi connectivity index (χ0v) is 22.8.